The molecule has 1 aliphatic rings. The van der Waals surface area contributed by atoms with Gasteiger partial charge in [-0.15, -0.1) is 0 Å². The third-order valence-electron chi connectivity index (χ3n) is 1.54. The molecule has 1 fully saturated rings. The molecule has 1 saturated heterocycles. The van der Waals surface area contributed by atoms with Crippen molar-refractivity contribution in [2.24, 2.45) is 5.92 Å². The molecule has 0 bridgehead atoms. The molecule has 0 amide bonds. The van der Waals surface area contributed by atoms with Gasteiger partial charge in [-0.3, -0.25) is 0 Å². The van der Waals surface area contributed by atoms with Crippen LogP contribution in [0, 0.1) is 5.92 Å². The predicted octanol–water partition coefficient (Wildman–Crippen LogP) is -0.182. The summed E-state index contributed by atoms with van der Waals surface area (Å²) in [5, 5.41) is 3.13. The third kappa shape index (κ3) is 2.43. The quantitative estimate of drug-likeness (QED) is 0.535. The summed E-state index contributed by atoms with van der Waals surface area (Å²) < 4.78 is 18.7. The van der Waals surface area contributed by atoms with E-state index in [0.29, 0.717) is 11.7 Å². The highest BCUT2D eigenvalue weighted by Crippen LogP contribution is 2.07. The second kappa shape index (κ2) is 3.29. The average Bonchev–Trinajstić information content (AvgIpc) is 2.15. The smallest absolute Gasteiger partial charge is 0.153 e. The van der Waals surface area contributed by atoms with Gasteiger partial charge in [-0.2, -0.15) is 0 Å². The average molecular weight is 149 g/mol. The molecule has 1 aliphatic heterocycles. The maximum Gasteiger partial charge on any atom is 0.153 e. The first-order chi connectivity index (χ1) is 4.29. The molecule has 2 atom stereocenters. The Bertz CT molecular complexity index is 112. The van der Waals surface area contributed by atoms with Gasteiger partial charge in [0, 0.05) is 0 Å². The Hall–Kier alpha value is 0.0700. The van der Waals surface area contributed by atoms with Crippen LogP contribution in [0.4, 0.5) is 0 Å². The Kier molecular flexibility index (Phi) is 2.63. The molecule has 1 unspecified atom stereocenters. The monoisotopic (exact) mass is 149 g/mol. The number of hydrogen-bond acceptors (Lipinski definition) is 2. The molecule has 0 aromatic rings. The van der Waals surface area contributed by atoms with Gasteiger partial charge in [0.05, 0.1) is 5.75 Å². The molecule has 1 rings (SSSR count). The van der Waals surface area contributed by atoms with Crippen molar-refractivity contribution < 1.29 is 8.76 Å². The summed E-state index contributed by atoms with van der Waals surface area (Å²) in [6.45, 7) is 1.91. The minimum Gasteiger partial charge on any atom is -0.316 e. The summed E-state index contributed by atoms with van der Waals surface area (Å²) in [7, 11) is 0. The highest BCUT2D eigenvalue weighted by atomic mass is 32.2. The molecule has 0 aromatic carbocycles. The third-order valence-corrected chi connectivity index (χ3v) is 2.30. The van der Waals surface area contributed by atoms with Crippen LogP contribution in [0.3, 0.4) is 0 Å². The van der Waals surface area contributed by atoms with Crippen molar-refractivity contribution in [3.8, 4) is 0 Å². The van der Waals surface area contributed by atoms with Crippen molar-refractivity contribution >= 4 is 11.1 Å². The lowest BCUT2D eigenvalue weighted by Gasteiger charge is -2.01. The molecule has 1 heterocycles. The summed E-state index contributed by atoms with van der Waals surface area (Å²) in [4.78, 5) is 0. The number of hydrogen-bond donors (Lipinski definition) is 2. The van der Waals surface area contributed by atoms with Crippen LogP contribution in [0.25, 0.3) is 0 Å². The van der Waals surface area contributed by atoms with E-state index in [1.165, 1.54) is 0 Å². The second-order valence-electron chi connectivity index (χ2n) is 2.35. The van der Waals surface area contributed by atoms with Crippen molar-refractivity contribution in [1.29, 1.82) is 0 Å². The Balaban J connectivity index is 2.19. The highest BCUT2D eigenvalue weighted by molar-refractivity contribution is 7.79. The highest BCUT2D eigenvalue weighted by Gasteiger charge is 2.15. The summed E-state index contributed by atoms with van der Waals surface area (Å²) in [5.74, 6) is 0.864. The molecular weight excluding hydrogens is 138 g/mol. The van der Waals surface area contributed by atoms with E-state index in [9.17, 15) is 4.21 Å². The van der Waals surface area contributed by atoms with E-state index in [-0.39, 0.29) is 0 Å². The van der Waals surface area contributed by atoms with E-state index in [1.807, 2.05) is 0 Å². The SMILES string of the molecule is O=S(O)C[C@H]1CCNC1. The maximum atomic E-state index is 10.2. The summed E-state index contributed by atoms with van der Waals surface area (Å²) in [5.41, 5.74) is 0. The topological polar surface area (TPSA) is 49.3 Å². The fourth-order valence-electron chi connectivity index (χ4n) is 1.06. The number of rotatable bonds is 2. The van der Waals surface area contributed by atoms with Crippen molar-refractivity contribution in [3.05, 3.63) is 0 Å². The molecule has 54 valence electrons. The van der Waals surface area contributed by atoms with Gasteiger partial charge in [-0.25, -0.2) is 4.21 Å². The number of nitrogens with one attached hydrogen (secondary N) is 1. The molecule has 4 heteroatoms. The van der Waals surface area contributed by atoms with E-state index in [0.717, 1.165) is 19.5 Å². The van der Waals surface area contributed by atoms with E-state index < -0.39 is 11.1 Å². The van der Waals surface area contributed by atoms with Gasteiger partial charge >= 0.3 is 0 Å². The fourth-order valence-corrected chi connectivity index (χ4v) is 1.75. The van der Waals surface area contributed by atoms with Gasteiger partial charge < -0.3 is 9.87 Å². The van der Waals surface area contributed by atoms with Gasteiger partial charge in [-0.05, 0) is 25.4 Å². The van der Waals surface area contributed by atoms with Crippen LogP contribution in [-0.2, 0) is 11.1 Å². The zero-order chi connectivity index (χ0) is 6.69. The molecule has 2 N–H and O–H groups in total. The zero-order valence-corrected chi connectivity index (χ0v) is 5.99. The van der Waals surface area contributed by atoms with Crippen LogP contribution in [0.15, 0.2) is 0 Å². The lowest BCUT2D eigenvalue weighted by Crippen LogP contribution is -2.14. The van der Waals surface area contributed by atoms with Gasteiger partial charge in [0.1, 0.15) is 0 Å². The van der Waals surface area contributed by atoms with Gasteiger partial charge in [0.2, 0.25) is 0 Å². The van der Waals surface area contributed by atoms with E-state index in [4.69, 9.17) is 4.55 Å². The van der Waals surface area contributed by atoms with Gasteiger partial charge in [0.15, 0.2) is 11.1 Å². The first-order valence-electron chi connectivity index (χ1n) is 3.07. The van der Waals surface area contributed by atoms with E-state index >= 15 is 0 Å². The van der Waals surface area contributed by atoms with Crippen LogP contribution < -0.4 is 5.32 Å². The van der Waals surface area contributed by atoms with Crippen LogP contribution in [0.1, 0.15) is 6.42 Å². The summed E-state index contributed by atoms with van der Waals surface area (Å²) in [6, 6.07) is 0. The van der Waals surface area contributed by atoms with Crippen molar-refractivity contribution in [3.63, 3.8) is 0 Å². The normalized spacial score (nSPS) is 30.6. The summed E-state index contributed by atoms with van der Waals surface area (Å²) >= 11 is -1.60. The molecule has 0 aromatic heterocycles. The van der Waals surface area contributed by atoms with Crippen LogP contribution in [-0.4, -0.2) is 27.6 Å². The zero-order valence-electron chi connectivity index (χ0n) is 5.17. The Morgan fingerprint density at radius 2 is 2.56 bits per heavy atom. The first kappa shape index (κ1) is 7.18. The minimum atomic E-state index is -1.60. The standard InChI is InChI=1S/C5H11NO2S/c7-9(8)4-5-1-2-6-3-5/h5-6H,1-4H2,(H,7,8)/t5-/m0/s1. The largest absolute Gasteiger partial charge is 0.316 e. The van der Waals surface area contributed by atoms with Crippen molar-refractivity contribution in [2.45, 2.75) is 6.42 Å². The lowest BCUT2D eigenvalue weighted by molar-refractivity contribution is 0.543. The van der Waals surface area contributed by atoms with Crippen molar-refractivity contribution in [1.82, 2.24) is 5.32 Å². The van der Waals surface area contributed by atoms with Crippen LogP contribution >= 0.6 is 0 Å². The molecular formula is C5H11NO2S. The van der Waals surface area contributed by atoms with Gasteiger partial charge in [0.25, 0.3) is 0 Å². The Morgan fingerprint density at radius 3 is 3.00 bits per heavy atom. The van der Waals surface area contributed by atoms with E-state index in [1.54, 1.807) is 0 Å². The van der Waals surface area contributed by atoms with Crippen LogP contribution in [0.5, 0.6) is 0 Å². The second-order valence-corrected chi connectivity index (χ2v) is 3.32. The van der Waals surface area contributed by atoms with Gasteiger partial charge in [-0.1, -0.05) is 0 Å². The van der Waals surface area contributed by atoms with Crippen LogP contribution in [0.2, 0.25) is 0 Å². The molecule has 3 nitrogen and oxygen atoms in total. The fraction of sp³-hybridized carbons (Fsp3) is 1.00. The minimum absolute atomic E-state index is 0.427. The lowest BCUT2D eigenvalue weighted by atomic mass is 10.2. The molecule has 0 aliphatic carbocycles. The Labute approximate surface area is 57.1 Å². The van der Waals surface area contributed by atoms with Crippen molar-refractivity contribution in [2.75, 3.05) is 18.8 Å². The Morgan fingerprint density at radius 1 is 1.78 bits per heavy atom. The summed E-state index contributed by atoms with van der Waals surface area (Å²) in [6.07, 6.45) is 1.05. The molecule has 0 radical (unpaired) electrons. The molecule has 0 spiro atoms. The molecule has 0 saturated carbocycles. The predicted molar refractivity (Wildman–Crippen MR) is 36.6 cm³/mol. The first-order valence-corrected chi connectivity index (χ1v) is 4.35. The maximum absolute atomic E-state index is 10.2. The molecule has 9 heavy (non-hydrogen) atoms. The van der Waals surface area contributed by atoms with E-state index in [2.05, 4.69) is 5.32 Å².